The highest BCUT2D eigenvalue weighted by atomic mass is 35.5. The zero-order valence-corrected chi connectivity index (χ0v) is 15.7. The summed E-state index contributed by atoms with van der Waals surface area (Å²) in [6.07, 6.45) is 1.62. The third kappa shape index (κ3) is 4.75. The first kappa shape index (κ1) is 19.1. The lowest BCUT2D eigenvalue weighted by atomic mass is 10.0. The molecule has 1 aromatic heterocycles. The summed E-state index contributed by atoms with van der Waals surface area (Å²) in [4.78, 5) is 32.6. The number of ether oxygens (including phenoxy) is 1. The van der Waals surface area contributed by atoms with Crippen molar-refractivity contribution in [2.24, 2.45) is 0 Å². The van der Waals surface area contributed by atoms with Gasteiger partial charge in [0.15, 0.2) is 0 Å². The second-order valence-electron chi connectivity index (χ2n) is 6.15. The molecular formula is C19H21ClN4O3. The van der Waals surface area contributed by atoms with Crippen LogP contribution in [-0.2, 0) is 9.53 Å². The third-order valence-corrected chi connectivity index (χ3v) is 4.69. The molecule has 1 aliphatic heterocycles. The molecule has 27 heavy (non-hydrogen) atoms. The lowest BCUT2D eigenvalue weighted by Crippen LogP contribution is -2.52. The van der Waals surface area contributed by atoms with Gasteiger partial charge < -0.3 is 9.64 Å². The Morgan fingerprint density at radius 2 is 1.93 bits per heavy atom. The molecule has 1 unspecified atom stereocenters. The van der Waals surface area contributed by atoms with Crippen molar-refractivity contribution in [3.05, 3.63) is 59.2 Å². The fourth-order valence-corrected chi connectivity index (χ4v) is 3.29. The van der Waals surface area contributed by atoms with Crippen LogP contribution >= 0.6 is 11.6 Å². The molecule has 142 valence electrons. The Kier molecular flexibility index (Phi) is 6.26. The van der Waals surface area contributed by atoms with Gasteiger partial charge in [-0.05, 0) is 29.8 Å². The van der Waals surface area contributed by atoms with E-state index in [0.717, 1.165) is 5.56 Å². The molecule has 1 aromatic carbocycles. The molecule has 0 saturated carbocycles. The molecular weight excluding hydrogens is 368 g/mol. The quantitative estimate of drug-likeness (QED) is 0.815. The number of nitrogens with one attached hydrogen (secondary N) is 1. The smallest absolute Gasteiger partial charge is 0.327 e. The van der Waals surface area contributed by atoms with E-state index in [9.17, 15) is 9.59 Å². The maximum Gasteiger partial charge on any atom is 0.327 e. The minimum atomic E-state index is -0.547. The number of halogens is 1. The lowest BCUT2D eigenvalue weighted by molar-refractivity contribution is -0.148. The average molecular weight is 389 g/mol. The summed E-state index contributed by atoms with van der Waals surface area (Å²) in [7, 11) is 1.37. The molecule has 8 heteroatoms. The SMILES string of the molecule is COC(=O)C(c1cccc(Cl)c1)N1CCN(C(=O)Nc2ccccn2)CC1. The van der Waals surface area contributed by atoms with E-state index in [1.54, 1.807) is 35.4 Å². The second-order valence-corrected chi connectivity index (χ2v) is 6.59. The van der Waals surface area contributed by atoms with Crippen molar-refractivity contribution in [1.82, 2.24) is 14.8 Å². The number of piperazine rings is 1. The number of esters is 1. The predicted octanol–water partition coefficient (Wildman–Crippen LogP) is 2.80. The third-order valence-electron chi connectivity index (χ3n) is 4.46. The number of pyridine rings is 1. The van der Waals surface area contributed by atoms with E-state index < -0.39 is 6.04 Å². The molecule has 1 fully saturated rings. The Hall–Kier alpha value is -2.64. The number of carbonyl (C=O) groups excluding carboxylic acids is 2. The van der Waals surface area contributed by atoms with Crippen LogP contribution in [-0.4, -0.2) is 60.1 Å². The number of amides is 2. The Labute approximate surface area is 162 Å². The monoisotopic (exact) mass is 388 g/mol. The maximum absolute atomic E-state index is 12.4. The summed E-state index contributed by atoms with van der Waals surface area (Å²) >= 11 is 6.08. The molecule has 1 aliphatic rings. The van der Waals surface area contributed by atoms with Gasteiger partial charge in [-0.3, -0.25) is 10.2 Å². The molecule has 1 N–H and O–H groups in total. The van der Waals surface area contributed by atoms with Gasteiger partial charge in [0, 0.05) is 37.4 Å². The van der Waals surface area contributed by atoms with Gasteiger partial charge in [0.2, 0.25) is 0 Å². The van der Waals surface area contributed by atoms with Crippen molar-refractivity contribution < 1.29 is 14.3 Å². The first-order chi connectivity index (χ1) is 13.1. The highest BCUT2D eigenvalue weighted by molar-refractivity contribution is 6.30. The molecule has 2 aromatic rings. The van der Waals surface area contributed by atoms with E-state index in [1.165, 1.54) is 7.11 Å². The first-order valence-corrected chi connectivity index (χ1v) is 9.00. The Morgan fingerprint density at radius 1 is 1.15 bits per heavy atom. The van der Waals surface area contributed by atoms with Crippen molar-refractivity contribution in [2.75, 3.05) is 38.6 Å². The van der Waals surface area contributed by atoms with Crippen LogP contribution in [0.4, 0.5) is 10.6 Å². The molecule has 2 amide bonds. The van der Waals surface area contributed by atoms with Gasteiger partial charge in [-0.25, -0.2) is 14.6 Å². The summed E-state index contributed by atoms with van der Waals surface area (Å²) in [5, 5.41) is 3.34. The number of methoxy groups -OCH3 is 1. The van der Waals surface area contributed by atoms with Gasteiger partial charge >= 0.3 is 12.0 Å². The molecule has 0 bridgehead atoms. The largest absolute Gasteiger partial charge is 0.468 e. The van der Waals surface area contributed by atoms with Crippen molar-refractivity contribution in [1.29, 1.82) is 0 Å². The lowest BCUT2D eigenvalue weighted by Gasteiger charge is -2.38. The number of urea groups is 1. The van der Waals surface area contributed by atoms with Crippen molar-refractivity contribution in [2.45, 2.75) is 6.04 Å². The summed E-state index contributed by atoms with van der Waals surface area (Å²) in [6.45, 7) is 2.07. The second kappa shape index (κ2) is 8.83. The molecule has 2 heterocycles. The Morgan fingerprint density at radius 3 is 2.56 bits per heavy atom. The summed E-state index contributed by atoms with van der Waals surface area (Å²) < 4.78 is 4.99. The maximum atomic E-state index is 12.4. The van der Waals surface area contributed by atoms with Crippen LogP contribution in [0.5, 0.6) is 0 Å². The number of rotatable bonds is 4. The van der Waals surface area contributed by atoms with Crippen LogP contribution in [0.1, 0.15) is 11.6 Å². The number of anilines is 1. The number of hydrogen-bond donors (Lipinski definition) is 1. The molecule has 1 atom stereocenters. The number of carbonyl (C=O) groups is 2. The van der Waals surface area contributed by atoms with Gasteiger partial charge in [-0.2, -0.15) is 0 Å². The van der Waals surface area contributed by atoms with E-state index >= 15 is 0 Å². The van der Waals surface area contributed by atoms with Gasteiger partial charge in [0.25, 0.3) is 0 Å². The Bertz CT molecular complexity index is 795. The van der Waals surface area contributed by atoms with Gasteiger partial charge in [-0.15, -0.1) is 0 Å². The fourth-order valence-electron chi connectivity index (χ4n) is 3.09. The minimum Gasteiger partial charge on any atom is -0.468 e. The summed E-state index contributed by atoms with van der Waals surface area (Å²) in [5.74, 6) is 0.167. The zero-order chi connectivity index (χ0) is 19.2. The van der Waals surface area contributed by atoms with E-state index in [4.69, 9.17) is 16.3 Å². The normalized spacial score (nSPS) is 15.9. The highest BCUT2D eigenvalue weighted by Gasteiger charge is 2.32. The van der Waals surface area contributed by atoms with Crippen molar-refractivity contribution >= 4 is 29.4 Å². The van der Waals surface area contributed by atoms with E-state index in [-0.39, 0.29) is 12.0 Å². The van der Waals surface area contributed by atoms with Gasteiger partial charge in [0.1, 0.15) is 11.9 Å². The topological polar surface area (TPSA) is 74.8 Å². The summed E-state index contributed by atoms with van der Waals surface area (Å²) in [5.41, 5.74) is 0.778. The van der Waals surface area contributed by atoms with Crippen LogP contribution in [0.2, 0.25) is 5.02 Å². The van der Waals surface area contributed by atoms with E-state index in [1.807, 2.05) is 23.1 Å². The summed E-state index contributed by atoms with van der Waals surface area (Å²) in [6, 6.07) is 11.8. The number of hydrogen-bond acceptors (Lipinski definition) is 5. The molecule has 0 radical (unpaired) electrons. The molecule has 1 saturated heterocycles. The molecule has 0 spiro atoms. The molecule has 0 aliphatic carbocycles. The predicted molar refractivity (Wildman–Crippen MR) is 103 cm³/mol. The number of aromatic nitrogens is 1. The van der Waals surface area contributed by atoms with Crippen molar-refractivity contribution in [3.8, 4) is 0 Å². The zero-order valence-electron chi connectivity index (χ0n) is 15.0. The van der Waals surface area contributed by atoms with Crippen LogP contribution in [0.25, 0.3) is 0 Å². The van der Waals surface area contributed by atoms with E-state index in [2.05, 4.69) is 10.3 Å². The standard InChI is InChI=1S/C19H21ClN4O3/c1-27-18(25)17(14-5-4-6-15(20)13-14)23-9-11-24(12-10-23)19(26)22-16-7-2-3-8-21-16/h2-8,13,17H,9-12H2,1H3,(H,21,22,26). The van der Waals surface area contributed by atoms with Crippen LogP contribution in [0, 0.1) is 0 Å². The van der Waals surface area contributed by atoms with Crippen molar-refractivity contribution in [3.63, 3.8) is 0 Å². The fraction of sp³-hybridized carbons (Fsp3) is 0.316. The van der Waals surface area contributed by atoms with E-state index in [0.29, 0.717) is 37.0 Å². The molecule has 3 rings (SSSR count). The molecule has 7 nitrogen and oxygen atoms in total. The minimum absolute atomic E-state index is 0.203. The van der Waals surface area contributed by atoms with Crippen LogP contribution in [0.15, 0.2) is 48.7 Å². The number of benzene rings is 1. The first-order valence-electron chi connectivity index (χ1n) is 8.63. The average Bonchev–Trinajstić information content (AvgIpc) is 2.69. The highest BCUT2D eigenvalue weighted by Crippen LogP contribution is 2.26. The Balaban J connectivity index is 1.65. The van der Waals surface area contributed by atoms with Gasteiger partial charge in [0.05, 0.1) is 7.11 Å². The van der Waals surface area contributed by atoms with Gasteiger partial charge in [-0.1, -0.05) is 29.8 Å². The number of nitrogens with zero attached hydrogens (tertiary/aromatic N) is 3. The van der Waals surface area contributed by atoms with Crippen LogP contribution in [0.3, 0.4) is 0 Å². The van der Waals surface area contributed by atoms with Crippen LogP contribution < -0.4 is 5.32 Å².